The molecule has 2 unspecified atom stereocenters. The molecular weight excluding hydrogens is 180 g/mol. The van der Waals surface area contributed by atoms with Gasteiger partial charge in [-0.2, -0.15) is 0 Å². The van der Waals surface area contributed by atoms with Crippen LogP contribution in [-0.2, 0) is 9.53 Å². The van der Waals surface area contributed by atoms with Crippen LogP contribution >= 0.6 is 0 Å². The zero-order chi connectivity index (χ0) is 10.6. The summed E-state index contributed by atoms with van der Waals surface area (Å²) in [6, 6.07) is -0.119. The zero-order valence-corrected chi connectivity index (χ0v) is 9.03. The SMILES string of the molecule is CCCCN(C)C(=O)C1COCC1N. The van der Waals surface area contributed by atoms with E-state index in [0.29, 0.717) is 13.2 Å². The van der Waals surface area contributed by atoms with Crippen LogP contribution in [-0.4, -0.2) is 43.7 Å². The fourth-order valence-corrected chi connectivity index (χ4v) is 1.61. The molecule has 1 rings (SSSR count). The summed E-state index contributed by atoms with van der Waals surface area (Å²) in [5.41, 5.74) is 5.77. The molecule has 1 amide bonds. The third-order valence-electron chi connectivity index (χ3n) is 2.67. The van der Waals surface area contributed by atoms with Crippen molar-refractivity contribution in [3.8, 4) is 0 Å². The Kier molecular flexibility index (Phi) is 4.35. The minimum absolute atomic E-state index is 0.119. The minimum atomic E-state index is -0.128. The number of rotatable bonds is 4. The molecule has 2 atom stereocenters. The normalized spacial score (nSPS) is 26.5. The molecule has 1 heterocycles. The molecule has 0 radical (unpaired) electrons. The summed E-state index contributed by atoms with van der Waals surface area (Å²) in [5.74, 6) is 0.000283. The summed E-state index contributed by atoms with van der Waals surface area (Å²) >= 11 is 0. The first-order chi connectivity index (χ1) is 6.66. The molecule has 0 spiro atoms. The first-order valence-corrected chi connectivity index (χ1v) is 5.25. The Bertz CT molecular complexity index is 197. The second kappa shape index (κ2) is 5.32. The molecule has 2 N–H and O–H groups in total. The summed E-state index contributed by atoms with van der Waals surface area (Å²) < 4.78 is 5.17. The maximum atomic E-state index is 11.8. The van der Waals surface area contributed by atoms with Gasteiger partial charge in [0.25, 0.3) is 0 Å². The lowest BCUT2D eigenvalue weighted by molar-refractivity contribution is -0.134. The van der Waals surface area contributed by atoms with Gasteiger partial charge < -0.3 is 15.4 Å². The van der Waals surface area contributed by atoms with Crippen LogP contribution < -0.4 is 5.73 Å². The molecule has 0 aliphatic carbocycles. The Labute approximate surface area is 85.4 Å². The second-order valence-corrected chi connectivity index (χ2v) is 3.92. The smallest absolute Gasteiger partial charge is 0.229 e. The van der Waals surface area contributed by atoms with Crippen molar-refractivity contribution in [1.29, 1.82) is 0 Å². The van der Waals surface area contributed by atoms with E-state index in [-0.39, 0.29) is 17.9 Å². The molecule has 0 aromatic heterocycles. The minimum Gasteiger partial charge on any atom is -0.379 e. The van der Waals surface area contributed by atoms with E-state index in [4.69, 9.17) is 10.5 Å². The highest BCUT2D eigenvalue weighted by Crippen LogP contribution is 2.14. The average Bonchev–Trinajstić information content (AvgIpc) is 2.59. The predicted octanol–water partition coefficient (Wildman–Crippen LogP) is 0.219. The predicted molar refractivity (Wildman–Crippen MR) is 54.8 cm³/mol. The number of nitrogens with zero attached hydrogens (tertiary/aromatic N) is 1. The third kappa shape index (κ3) is 2.69. The molecule has 1 saturated heterocycles. The van der Waals surface area contributed by atoms with Gasteiger partial charge in [-0.1, -0.05) is 13.3 Å². The maximum Gasteiger partial charge on any atom is 0.229 e. The largest absolute Gasteiger partial charge is 0.379 e. The fourth-order valence-electron chi connectivity index (χ4n) is 1.61. The summed E-state index contributed by atoms with van der Waals surface area (Å²) in [6.45, 7) is 3.93. The third-order valence-corrected chi connectivity index (χ3v) is 2.67. The number of nitrogens with two attached hydrogens (primary N) is 1. The van der Waals surface area contributed by atoms with Crippen LogP contribution in [0, 0.1) is 5.92 Å². The van der Waals surface area contributed by atoms with E-state index >= 15 is 0 Å². The highest BCUT2D eigenvalue weighted by atomic mass is 16.5. The lowest BCUT2D eigenvalue weighted by Gasteiger charge is -2.21. The van der Waals surface area contributed by atoms with Crippen LogP contribution in [0.1, 0.15) is 19.8 Å². The van der Waals surface area contributed by atoms with Crippen LogP contribution in [0.5, 0.6) is 0 Å². The van der Waals surface area contributed by atoms with Crippen molar-refractivity contribution in [1.82, 2.24) is 4.90 Å². The molecule has 4 nitrogen and oxygen atoms in total. The maximum absolute atomic E-state index is 11.8. The molecule has 1 fully saturated rings. The summed E-state index contributed by atoms with van der Waals surface area (Å²) in [6.07, 6.45) is 2.15. The molecule has 82 valence electrons. The number of carbonyl (C=O) groups is 1. The molecule has 0 saturated carbocycles. The van der Waals surface area contributed by atoms with E-state index in [9.17, 15) is 4.79 Å². The Morgan fingerprint density at radius 2 is 2.29 bits per heavy atom. The van der Waals surface area contributed by atoms with Gasteiger partial charge in [-0.25, -0.2) is 0 Å². The van der Waals surface area contributed by atoms with E-state index in [1.165, 1.54) is 0 Å². The van der Waals surface area contributed by atoms with Crippen LogP contribution in [0.3, 0.4) is 0 Å². The van der Waals surface area contributed by atoms with E-state index < -0.39 is 0 Å². The summed E-state index contributed by atoms with van der Waals surface area (Å²) in [4.78, 5) is 13.6. The van der Waals surface area contributed by atoms with Crippen LogP contribution in [0.4, 0.5) is 0 Å². The van der Waals surface area contributed by atoms with Crippen molar-refractivity contribution in [2.75, 3.05) is 26.8 Å². The van der Waals surface area contributed by atoms with Crippen LogP contribution in [0.15, 0.2) is 0 Å². The van der Waals surface area contributed by atoms with Gasteiger partial charge in [-0.3, -0.25) is 4.79 Å². The first kappa shape index (κ1) is 11.5. The van der Waals surface area contributed by atoms with Gasteiger partial charge in [0, 0.05) is 19.6 Å². The summed E-state index contributed by atoms with van der Waals surface area (Å²) in [5, 5.41) is 0. The van der Waals surface area contributed by atoms with Crippen LogP contribution in [0.25, 0.3) is 0 Å². The number of amides is 1. The van der Waals surface area contributed by atoms with E-state index in [2.05, 4.69) is 6.92 Å². The topological polar surface area (TPSA) is 55.6 Å². The van der Waals surface area contributed by atoms with Crippen LogP contribution in [0.2, 0.25) is 0 Å². The van der Waals surface area contributed by atoms with Gasteiger partial charge in [0.1, 0.15) is 0 Å². The van der Waals surface area contributed by atoms with Gasteiger partial charge in [-0.05, 0) is 6.42 Å². The van der Waals surface area contributed by atoms with Crippen molar-refractivity contribution in [2.45, 2.75) is 25.8 Å². The number of ether oxygens (including phenoxy) is 1. The molecule has 1 aliphatic heterocycles. The number of carbonyl (C=O) groups excluding carboxylic acids is 1. The van der Waals surface area contributed by atoms with E-state index in [0.717, 1.165) is 19.4 Å². The molecular formula is C10H20N2O2. The van der Waals surface area contributed by atoms with Crippen molar-refractivity contribution in [3.63, 3.8) is 0 Å². The lowest BCUT2D eigenvalue weighted by atomic mass is 10.0. The van der Waals surface area contributed by atoms with Crippen molar-refractivity contribution in [2.24, 2.45) is 11.7 Å². The quantitative estimate of drug-likeness (QED) is 0.706. The van der Waals surface area contributed by atoms with Crippen molar-refractivity contribution in [3.05, 3.63) is 0 Å². The molecule has 4 heteroatoms. The Morgan fingerprint density at radius 1 is 1.57 bits per heavy atom. The standard InChI is InChI=1S/C10H20N2O2/c1-3-4-5-12(2)10(13)8-6-14-7-9(8)11/h8-9H,3-7,11H2,1-2H3. The monoisotopic (exact) mass is 200 g/mol. The second-order valence-electron chi connectivity index (χ2n) is 3.92. The van der Waals surface area contributed by atoms with Gasteiger partial charge in [-0.15, -0.1) is 0 Å². The Hall–Kier alpha value is -0.610. The highest BCUT2D eigenvalue weighted by Gasteiger charge is 2.32. The van der Waals surface area contributed by atoms with Gasteiger partial charge in [0.05, 0.1) is 19.1 Å². The van der Waals surface area contributed by atoms with Gasteiger partial charge in [0.2, 0.25) is 5.91 Å². The molecule has 0 aromatic carbocycles. The van der Waals surface area contributed by atoms with Gasteiger partial charge >= 0.3 is 0 Å². The van der Waals surface area contributed by atoms with E-state index in [1.54, 1.807) is 4.90 Å². The average molecular weight is 200 g/mol. The van der Waals surface area contributed by atoms with Gasteiger partial charge in [0.15, 0.2) is 0 Å². The molecule has 1 aliphatic rings. The van der Waals surface area contributed by atoms with Crippen molar-refractivity contribution >= 4 is 5.91 Å². The molecule has 14 heavy (non-hydrogen) atoms. The number of hydrogen-bond acceptors (Lipinski definition) is 3. The summed E-state index contributed by atoms with van der Waals surface area (Å²) in [7, 11) is 1.84. The molecule has 0 bridgehead atoms. The molecule has 0 aromatic rings. The first-order valence-electron chi connectivity index (χ1n) is 5.25. The van der Waals surface area contributed by atoms with Crippen molar-refractivity contribution < 1.29 is 9.53 Å². The number of unbranched alkanes of at least 4 members (excludes halogenated alkanes) is 1. The lowest BCUT2D eigenvalue weighted by Crippen LogP contribution is -2.42. The highest BCUT2D eigenvalue weighted by molar-refractivity contribution is 5.79. The number of hydrogen-bond donors (Lipinski definition) is 1. The fraction of sp³-hybridized carbons (Fsp3) is 0.900. The zero-order valence-electron chi connectivity index (χ0n) is 9.03. The van der Waals surface area contributed by atoms with E-state index in [1.807, 2.05) is 7.05 Å². The Balaban J connectivity index is 2.39. The Morgan fingerprint density at radius 3 is 2.79 bits per heavy atom.